The molecule has 1 aliphatic heterocycles. The van der Waals surface area contributed by atoms with Crippen LogP contribution in [0.5, 0.6) is 5.75 Å². The Hall–Kier alpha value is -1.59. The highest BCUT2D eigenvalue weighted by Crippen LogP contribution is 2.21. The van der Waals surface area contributed by atoms with Crippen LogP contribution >= 0.6 is 0 Å². The highest BCUT2D eigenvalue weighted by molar-refractivity contribution is 5.78. The Morgan fingerprint density at radius 2 is 2.17 bits per heavy atom. The third-order valence-corrected chi connectivity index (χ3v) is 4.30. The summed E-state index contributed by atoms with van der Waals surface area (Å²) in [6.07, 6.45) is 0. The van der Waals surface area contributed by atoms with Gasteiger partial charge >= 0.3 is 0 Å². The van der Waals surface area contributed by atoms with E-state index in [9.17, 15) is 4.79 Å². The second-order valence-corrected chi connectivity index (χ2v) is 6.08. The molecular formula is C18H28N2O3. The molecule has 2 N–H and O–H groups in total. The lowest BCUT2D eigenvalue weighted by atomic mass is 9.88. The molecular weight excluding hydrogens is 292 g/mol. The summed E-state index contributed by atoms with van der Waals surface area (Å²) in [6.45, 7) is 10.1. The molecule has 5 nitrogen and oxygen atoms in total. The summed E-state index contributed by atoms with van der Waals surface area (Å²) in [5, 5.41) is 6.24. The Balaban J connectivity index is 1.88. The molecule has 5 heteroatoms. The van der Waals surface area contributed by atoms with Gasteiger partial charge in [-0.15, -0.1) is 0 Å². The van der Waals surface area contributed by atoms with Crippen molar-refractivity contribution in [3.8, 4) is 5.75 Å². The average molecular weight is 320 g/mol. The first-order chi connectivity index (χ1) is 11.1. The highest BCUT2D eigenvalue weighted by atomic mass is 16.5. The van der Waals surface area contributed by atoms with Crippen LogP contribution in [0.15, 0.2) is 18.2 Å². The van der Waals surface area contributed by atoms with Crippen molar-refractivity contribution in [2.75, 3.05) is 32.9 Å². The zero-order valence-corrected chi connectivity index (χ0v) is 14.4. The minimum absolute atomic E-state index is 0.0454. The molecule has 0 radical (unpaired) electrons. The Labute approximate surface area is 138 Å². The van der Waals surface area contributed by atoms with Gasteiger partial charge in [0.2, 0.25) is 5.91 Å². The van der Waals surface area contributed by atoms with Crippen LogP contribution in [0.3, 0.4) is 0 Å². The van der Waals surface area contributed by atoms with E-state index < -0.39 is 0 Å². The summed E-state index contributed by atoms with van der Waals surface area (Å²) in [4.78, 5) is 12.2. The monoisotopic (exact) mass is 320 g/mol. The van der Waals surface area contributed by atoms with Crippen LogP contribution in [-0.4, -0.2) is 38.8 Å². The Bertz CT molecular complexity index is 515. The molecule has 128 valence electrons. The Kier molecular flexibility index (Phi) is 6.86. The average Bonchev–Trinajstić information content (AvgIpc) is 2.48. The molecule has 1 aromatic rings. The minimum atomic E-state index is 0.0454. The molecule has 0 saturated carbocycles. The second-order valence-electron chi connectivity index (χ2n) is 6.08. The number of ether oxygens (including phenoxy) is 2. The Morgan fingerprint density at radius 1 is 1.39 bits per heavy atom. The number of benzene rings is 1. The summed E-state index contributed by atoms with van der Waals surface area (Å²) in [5.74, 6) is 1.43. The van der Waals surface area contributed by atoms with E-state index in [-0.39, 0.29) is 11.8 Å². The normalized spacial score (nSPS) is 15.8. The number of hydrogen-bond acceptors (Lipinski definition) is 4. The van der Waals surface area contributed by atoms with Gasteiger partial charge < -0.3 is 20.1 Å². The van der Waals surface area contributed by atoms with Crippen molar-refractivity contribution in [3.05, 3.63) is 29.3 Å². The van der Waals surface area contributed by atoms with Crippen molar-refractivity contribution in [2.45, 2.75) is 27.3 Å². The van der Waals surface area contributed by atoms with E-state index in [1.807, 2.05) is 39.0 Å². The second kappa shape index (κ2) is 8.89. The van der Waals surface area contributed by atoms with Gasteiger partial charge in [0.25, 0.3) is 0 Å². The summed E-state index contributed by atoms with van der Waals surface area (Å²) >= 11 is 0. The van der Waals surface area contributed by atoms with Gasteiger partial charge in [0.1, 0.15) is 12.4 Å². The van der Waals surface area contributed by atoms with Crippen molar-refractivity contribution in [3.63, 3.8) is 0 Å². The van der Waals surface area contributed by atoms with Crippen molar-refractivity contribution in [1.82, 2.24) is 10.6 Å². The molecule has 1 heterocycles. The first-order valence-corrected chi connectivity index (χ1v) is 8.40. The number of carbonyl (C=O) groups is 1. The maximum atomic E-state index is 12.2. The molecule has 1 saturated heterocycles. The van der Waals surface area contributed by atoms with E-state index >= 15 is 0 Å². The fraction of sp³-hybridized carbons (Fsp3) is 0.611. The largest absolute Gasteiger partial charge is 0.491 e. The van der Waals surface area contributed by atoms with Crippen molar-refractivity contribution in [1.29, 1.82) is 0 Å². The molecule has 1 atom stereocenters. The fourth-order valence-electron chi connectivity index (χ4n) is 2.52. The maximum absolute atomic E-state index is 12.2. The third-order valence-electron chi connectivity index (χ3n) is 4.30. The van der Waals surface area contributed by atoms with Crippen molar-refractivity contribution >= 4 is 5.91 Å². The number of carbonyl (C=O) groups excluding carboxylic acids is 1. The first kappa shape index (κ1) is 17.8. The summed E-state index contributed by atoms with van der Waals surface area (Å²) < 4.78 is 11.1. The molecule has 0 aliphatic carbocycles. The van der Waals surface area contributed by atoms with Crippen LogP contribution < -0.4 is 15.4 Å². The van der Waals surface area contributed by atoms with Gasteiger partial charge in [-0.2, -0.15) is 0 Å². The summed E-state index contributed by atoms with van der Waals surface area (Å²) in [5.41, 5.74) is 2.14. The van der Waals surface area contributed by atoms with E-state index in [0.29, 0.717) is 32.3 Å². The topological polar surface area (TPSA) is 59.6 Å². The predicted molar refractivity (Wildman–Crippen MR) is 90.5 cm³/mol. The quantitative estimate of drug-likeness (QED) is 0.682. The molecule has 0 spiro atoms. The van der Waals surface area contributed by atoms with Gasteiger partial charge in [-0.3, -0.25) is 4.79 Å². The molecule has 0 bridgehead atoms. The third kappa shape index (κ3) is 5.22. The maximum Gasteiger partial charge on any atom is 0.223 e. The first-order valence-electron chi connectivity index (χ1n) is 8.40. The zero-order chi connectivity index (χ0) is 16.7. The lowest BCUT2D eigenvalue weighted by molar-refractivity contribution is -0.126. The van der Waals surface area contributed by atoms with Crippen LogP contribution in [0, 0.1) is 18.8 Å². The molecule has 1 aromatic carbocycles. The van der Waals surface area contributed by atoms with Gasteiger partial charge in [0.05, 0.1) is 6.61 Å². The molecule has 1 amide bonds. The number of hydrogen-bond donors (Lipinski definition) is 2. The van der Waals surface area contributed by atoms with Crippen molar-refractivity contribution in [2.24, 2.45) is 11.8 Å². The van der Waals surface area contributed by atoms with E-state index in [2.05, 4.69) is 10.6 Å². The molecule has 1 aliphatic rings. The van der Waals surface area contributed by atoms with E-state index in [4.69, 9.17) is 9.47 Å². The SMILES string of the molecule is CCOCCOc1cc(C)ccc1CNC(=O)C(C)C1CNC1. The molecule has 23 heavy (non-hydrogen) atoms. The predicted octanol–water partition coefficient (Wildman–Crippen LogP) is 1.88. The van der Waals surface area contributed by atoms with E-state index in [0.717, 1.165) is 30.0 Å². The van der Waals surface area contributed by atoms with Gasteiger partial charge in [-0.25, -0.2) is 0 Å². The van der Waals surface area contributed by atoms with Crippen molar-refractivity contribution < 1.29 is 14.3 Å². The molecule has 0 aromatic heterocycles. The lowest BCUT2D eigenvalue weighted by Crippen LogP contribution is -2.49. The number of rotatable bonds is 9. The standard InChI is InChI=1S/C18H28N2O3/c1-4-22-7-8-23-17-9-13(2)5-6-15(17)12-20-18(21)14(3)16-10-19-11-16/h5-6,9,14,16,19H,4,7-8,10-12H2,1-3H3,(H,20,21). The van der Waals surface area contributed by atoms with Gasteiger partial charge in [-0.05, 0) is 44.5 Å². The van der Waals surface area contributed by atoms with Gasteiger partial charge in [-0.1, -0.05) is 19.1 Å². The number of nitrogens with one attached hydrogen (secondary N) is 2. The zero-order valence-electron chi connectivity index (χ0n) is 14.4. The van der Waals surface area contributed by atoms with Crippen LogP contribution in [0.2, 0.25) is 0 Å². The van der Waals surface area contributed by atoms with Gasteiger partial charge in [0.15, 0.2) is 0 Å². The highest BCUT2D eigenvalue weighted by Gasteiger charge is 2.28. The minimum Gasteiger partial charge on any atom is -0.491 e. The molecule has 2 rings (SSSR count). The van der Waals surface area contributed by atoms with Crippen LogP contribution in [0.4, 0.5) is 0 Å². The number of aryl methyl sites for hydroxylation is 1. The summed E-state index contributed by atoms with van der Waals surface area (Å²) in [7, 11) is 0. The number of amides is 1. The smallest absolute Gasteiger partial charge is 0.223 e. The summed E-state index contributed by atoms with van der Waals surface area (Å²) in [6, 6.07) is 6.06. The molecule has 1 unspecified atom stereocenters. The van der Waals surface area contributed by atoms with E-state index in [1.54, 1.807) is 0 Å². The van der Waals surface area contributed by atoms with Gasteiger partial charge in [0, 0.05) is 24.6 Å². The molecule has 1 fully saturated rings. The van der Waals surface area contributed by atoms with Crippen LogP contribution in [0.1, 0.15) is 25.0 Å². The van der Waals surface area contributed by atoms with Crippen LogP contribution in [0.25, 0.3) is 0 Å². The van der Waals surface area contributed by atoms with Crippen LogP contribution in [-0.2, 0) is 16.1 Å². The lowest BCUT2D eigenvalue weighted by Gasteiger charge is -2.31. The van der Waals surface area contributed by atoms with E-state index in [1.165, 1.54) is 0 Å². The fourth-order valence-corrected chi connectivity index (χ4v) is 2.52. The Morgan fingerprint density at radius 3 is 2.83 bits per heavy atom.